The molecule has 3 aliphatic carbocycles. The number of carbonyl (C=O) groups is 2. The Morgan fingerprint density at radius 2 is 2.06 bits per heavy atom. The molecule has 5 rings (SSSR count). The number of unbranched alkanes of at least 4 members (excludes halogenated alkanes) is 1. The molecule has 1 amide bonds. The Hall–Kier alpha value is -0.898. The van der Waals surface area contributed by atoms with Crippen molar-refractivity contribution in [3.05, 3.63) is 41.3 Å². The summed E-state index contributed by atoms with van der Waals surface area (Å²) in [7, 11) is 1.42. The van der Waals surface area contributed by atoms with Gasteiger partial charge in [-0.15, -0.1) is 11.3 Å². The number of phenolic OH excluding ortho intramolecular Hbond substituents is 1. The van der Waals surface area contributed by atoms with E-state index in [0.29, 0.717) is 23.8 Å². The van der Waals surface area contributed by atoms with Crippen molar-refractivity contribution in [3.63, 3.8) is 0 Å². The van der Waals surface area contributed by atoms with Crippen molar-refractivity contribution < 1.29 is 63.5 Å². The molecule has 3 saturated carbocycles. The van der Waals surface area contributed by atoms with Gasteiger partial charge in [0.15, 0.2) is 0 Å². The van der Waals surface area contributed by atoms with Crippen LogP contribution in [0.15, 0.2) is 35.7 Å². The number of esters is 1. The molecule has 5 nitrogen and oxygen atoms in total. The molecule has 4 atom stereocenters. The summed E-state index contributed by atoms with van der Waals surface area (Å²) >= 11 is 1.53. The number of amides is 1. The van der Waals surface area contributed by atoms with Crippen LogP contribution in [0, 0.1) is 67.2 Å². The summed E-state index contributed by atoms with van der Waals surface area (Å²) in [6.07, 6.45) is 9.74. The molecule has 2 bridgehead atoms. The second-order valence-corrected chi connectivity index (χ2v) is 10.8. The van der Waals surface area contributed by atoms with Crippen LogP contribution in [0.1, 0.15) is 62.7 Å². The third kappa shape index (κ3) is 5.68. The molecule has 1 heterocycles. The van der Waals surface area contributed by atoms with Gasteiger partial charge in [-0.3, -0.25) is 9.59 Å². The van der Waals surface area contributed by atoms with Crippen LogP contribution >= 0.6 is 11.3 Å². The predicted molar refractivity (Wildman–Crippen MR) is 128 cm³/mol. The molecule has 3 fully saturated rings. The first-order chi connectivity index (χ1) is 15.3. The zero-order valence-electron chi connectivity index (χ0n) is 19.7. The first-order valence-electron chi connectivity index (χ1n) is 11.5. The van der Waals surface area contributed by atoms with Gasteiger partial charge in [-0.25, -0.2) is 0 Å². The topological polar surface area (TPSA) is 75.6 Å². The number of hydrogen-bond acceptors (Lipinski definition) is 5. The molecule has 0 spiro atoms. The fourth-order valence-electron chi connectivity index (χ4n) is 5.64. The molecular formula is C26H33AcNO4S. The molecule has 1 unspecified atom stereocenters. The summed E-state index contributed by atoms with van der Waals surface area (Å²) < 4.78 is 5.69. The number of nitrogens with one attached hydrogen (secondary N) is 1. The summed E-state index contributed by atoms with van der Waals surface area (Å²) in [5.74, 6) is 1.61. The quantitative estimate of drug-likeness (QED) is 0.214. The van der Waals surface area contributed by atoms with E-state index in [1.807, 2.05) is 11.4 Å². The first-order valence-corrected chi connectivity index (χ1v) is 12.4. The number of aromatic hydroxyl groups is 1. The second-order valence-electron chi connectivity index (χ2n) is 9.86. The van der Waals surface area contributed by atoms with E-state index < -0.39 is 0 Å². The summed E-state index contributed by atoms with van der Waals surface area (Å²) in [5.41, 5.74) is 0.908. The van der Waals surface area contributed by atoms with E-state index in [1.54, 1.807) is 12.1 Å². The van der Waals surface area contributed by atoms with Crippen LogP contribution in [0.4, 0.5) is 0 Å². The summed E-state index contributed by atoms with van der Waals surface area (Å²) in [6, 6.07) is 5.35. The van der Waals surface area contributed by atoms with E-state index >= 15 is 0 Å². The van der Waals surface area contributed by atoms with Crippen molar-refractivity contribution in [3.8, 4) is 5.75 Å². The Morgan fingerprint density at radius 3 is 2.79 bits per heavy atom. The fourth-order valence-corrected chi connectivity index (χ4v) is 6.57. The van der Waals surface area contributed by atoms with Gasteiger partial charge in [0, 0.05) is 72.0 Å². The van der Waals surface area contributed by atoms with Crippen molar-refractivity contribution in [2.45, 2.75) is 58.4 Å². The van der Waals surface area contributed by atoms with Gasteiger partial charge in [-0.1, -0.05) is 26.0 Å². The molecule has 3 aliphatic rings. The maximum absolute atomic E-state index is 13.3. The van der Waals surface area contributed by atoms with Gasteiger partial charge in [-0.2, -0.15) is 0 Å². The molecule has 1 radical (unpaired) electrons. The molecule has 2 N–H and O–H groups in total. The second kappa shape index (κ2) is 11.2. The third-order valence-corrected chi connectivity index (χ3v) is 8.72. The number of allylic oxidation sites excluding steroid dienone is 2. The number of rotatable bonds is 8. The molecule has 1 aromatic heterocycles. The van der Waals surface area contributed by atoms with E-state index in [0.717, 1.165) is 41.7 Å². The minimum absolute atomic E-state index is 0. The molecule has 175 valence electrons. The Kier molecular flexibility index (Phi) is 9.08. The Bertz CT molecular complexity index is 1030. The van der Waals surface area contributed by atoms with Crippen LogP contribution in [-0.2, 0) is 9.53 Å². The van der Waals surface area contributed by atoms with Crippen LogP contribution in [0.3, 0.4) is 0 Å². The van der Waals surface area contributed by atoms with Crippen LogP contribution in [-0.4, -0.2) is 30.1 Å². The summed E-state index contributed by atoms with van der Waals surface area (Å²) in [6.45, 7) is 4.67. The van der Waals surface area contributed by atoms with Crippen LogP contribution in [0.25, 0.3) is 10.1 Å². The average molecular weight is 683 g/mol. The Morgan fingerprint density at radius 1 is 1.27 bits per heavy atom. The van der Waals surface area contributed by atoms with Gasteiger partial charge in [0.2, 0.25) is 0 Å². The van der Waals surface area contributed by atoms with Crippen molar-refractivity contribution in [2.24, 2.45) is 23.2 Å². The average Bonchev–Trinajstić information content (AvgIpc) is 3.19. The number of ether oxygens (including phenoxy) is 1. The van der Waals surface area contributed by atoms with Crippen LogP contribution in [0.2, 0.25) is 0 Å². The number of phenols is 1. The van der Waals surface area contributed by atoms with Gasteiger partial charge in [0.05, 0.1) is 12.7 Å². The Labute approximate surface area is 235 Å². The van der Waals surface area contributed by atoms with Crippen LogP contribution in [0.5, 0.6) is 5.75 Å². The molecule has 33 heavy (non-hydrogen) atoms. The fraction of sp³-hybridized carbons (Fsp3) is 0.538. The number of fused-ring (bicyclic) bond motifs is 3. The van der Waals surface area contributed by atoms with Crippen molar-refractivity contribution >= 4 is 33.3 Å². The molecule has 0 saturated heterocycles. The smallest absolute Gasteiger partial charge is 0.305 e. The number of methoxy groups -OCH3 is 1. The van der Waals surface area contributed by atoms with E-state index in [4.69, 9.17) is 0 Å². The molecule has 0 aliphatic heterocycles. The van der Waals surface area contributed by atoms with Crippen molar-refractivity contribution in [1.29, 1.82) is 0 Å². The monoisotopic (exact) mass is 682 g/mol. The molecule has 1 aromatic carbocycles. The normalized spacial score (nSPS) is 25.3. The standard InChI is InChI=1S/C26H33NO4S.Ac/c1-26(2)17-12-16(8-6-4-5-7-9-23(29)31-3)24(21(26)13-17)27-25(30)20-15-32-22-11-10-18(28)14-19(20)22;/h4,6,10-11,14-17,21,24,28H,5,7-9,12-13H2,1-3H3,(H,27,30);/b6-4-;/t16-,17+,21+,24?;/m0./s1. The first kappa shape index (κ1) is 26.7. The van der Waals surface area contributed by atoms with Crippen molar-refractivity contribution in [2.75, 3.05) is 7.11 Å². The summed E-state index contributed by atoms with van der Waals surface area (Å²) in [5, 5.41) is 16.0. The number of hydrogen-bond donors (Lipinski definition) is 2. The minimum Gasteiger partial charge on any atom is -0.508 e. The zero-order chi connectivity index (χ0) is 22.9. The predicted octanol–water partition coefficient (Wildman–Crippen LogP) is 5.68. The van der Waals surface area contributed by atoms with Gasteiger partial charge in [-0.05, 0) is 73.5 Å². The zero-order valence-corrected chi connectivity index (χ0v) is 25.2. The van der Waals surface area contributed by atoms with E-state index in [-0.39, 0.29) is 73.1 Å². The Balaban J connectivity index is 0.00000306. The van der Waals surface area contributed by atoms with Crippen molar-refractivity contribution in [1.82, 2.24) is 5.32 Å². The molecular weight excluding hydrogens is 649 g/mol. The largest absolute Gasteiger partial charge is 0.508 e. The van der Waals surface area contributed by atoms with Gasteiger partial charge < -0.3 is 15.2 Å². The number of benzene rings is 1. The van der Waals surface area contributed by atoms with Crippen LogP contribution < -0.4 is 5.32 Å². The van der Waals surface area contributed by atoms with E-state index in [9.17, 15) is 14.7 Å². The van der Waals surface area contributed by atoms with E-state index in [1.165, 1.54) is 24.9 Å². The van der Waals surface area contributed by atoms with Gasteiger partial charge in [0.25, 0.3) is 5.91 Å². The number of thiophene rings is 1. The minimum atomic E-state index is -0.162. The van der Waals surface area contributed by atoms with E-state index in [2.05, 4.69) is 36.1 Å². The van der Waals surface area contributed by atoms with Gasteiger partial charge >= 0.3 is 5.97 Å². The third-order valence-electron chi connectivity index (χ3n) is 7.76. The van der Waals surface area contributed by atoms with Gasteiger partial charge in [0.1, 0.15) is 5.75 Å². The number of carbonyl (C=O) groups excluding carboxylic acids is 2. The maximum atomic E-state index is 13.3. The molecule has 2 aromatic rings. The summed E-state index contributed by atoms with van der Waals surface area (Å²) in [4.78, 5) is 24.5. The SMILES string of the molecule is COC(=O)CCC/C=C\C[C@H]1C[C@@H]2C[C@H](C1NC(=O)c1csc3ccc(O)cc13)C2(C)C.[Ac]. The maximum Gasteiger partial charge on any atom is 0.305 e. The molecule has 7 heteroatoms.